The van der Waals surface area contributed by atoms with Gasteiger partial charge >= 0.3 is 0 Å². The molecule has 0 aliphatic heterocycles. The lowest BCUT2D eigenvalue weighted by Crippen LogP contribution is -2.39. The van der Waals surface area contributed by atoms with Crippen LogP contribution in [0.1, 0.15) is 18.9 Å². The van der Waals surface area contributed by atoms with Gasteiger partial charge in [0.15, 0.2) is 0 Å². The fourth-order valence-electron chi connectivity index (χ4n) is 3.49. The van der Waals surface area contributed by atoms with Crippen molar-refractivity contribution >= 4 is 23.2 Å². The summed E-state index contributed by atoms with van der Waals surface area (Å²) in [6.45, 7) is 4.97. The van der Waals surface area contributed by atoms with Crippen molar-refractivity contribution in [1.29, 1.82) is 0 Å². The number of carbonyl (C=O) groups excluding carboxylic acids is 2. The van der Waals surface area contributed by atoms with Gasteiger partial charge in [-0.05, 0) is 43.1 Å². The van der Waals surface area contributed by atoms with Gasteiger partial charge in [-0.15, -0.1) is 0 Å². The third kappa shape index (κ3) is 6.52. The fraction of sp³-hybridized carbons (Fsp3) is 0.231. The summed E-state index contributed by atoms with van der Waals surface area (Å²) in [5.74, 6) is -0.263. The number of benzene rings is 3. The molecule has 0 atom stereocenters. The van der Waals surface area contributed by atoms with Gasteiger partial charge < -0.3 is 10.6 Å². The molecule has 0 saturated carbocycles. The Morgan fingerprint density at radius 1 is 0.742 bits per heavy atom. The molecule has 0 bridgehead atoms. The molecule has 0 aliphatic carbocycles. The first-order valence-electron chi connectivity index (χ1n) is 10.6. The Morgan fingerprint density at radius 2 is 1.29 bits per heavy atom. The number of hydrogen-bond acceptors (Lipinski definition) is 3. The van der Waals surface area contributed by atoms with Crippen molar-refractivity contribution in [1.82, 2.24) is 4.90 Å². The predicted octanol–water partition coefficient (Wildman–Crippen LogP) is 4.95. The summed E-state index contributed by atoms with van der Waals surface area (Å²) in [5, 5.41) is 5.96. The fourth-order valence-corrected chi connectivity index (χ4v) is 3.49. The van der Waals surface area contributed by atoms with Gasteiger partial charge in [0, 0.05) is 16.9 Å². The molecule has 0 aliphatic rings. The Bertz CT molecular complexity index is 1020. The van der Waals surface area contributed by atoms with Crippen molar-refractivity contribution in [2.45, 2.75) is 20.3 Å². The number of nitrogens with one attached hydrogen (secondary N) is 2. The van der Waals surface area contributed by atoms with Gasteiger partial charge in [-0.25, -0.2) is 0 Å². The molecule has 0 spiro atoms. The summed E-state index contributed by atoms with van der Waals surface area (Å²) >= 11 is 0. The van der Waals surface area contributed by atoms with E-state index in [-0.39, 0.29) is 24.9 Å². The lowest BCUT2D eigenvalue weighted by Gasteiger charge is -2.21. The van der Waals surface area contributed by atoms with E-state index in [1.165, 1.54) is 0 Å². The highest BCUT2D eigenvalue weighted by molar-refractivity contribution is 5.97. The highest BCUT2D eigenvalue weighted by Gasteiger charge is 2.16. The van der Waals surface area contributed by atoms with Gasteiger partial charge in [-0.3, -0.25) is 14.5 Å². The average molecular weight is 416 g/mol. The molecule has 5 heteroatoms. The molecule has 5 nitrogen and oxygen atoms in total. The number of aryl methyl sites for hydroxylation is 1. The maximum absolute atomic E-state index is 12.8. The van der Waals surface area contributed by atoms with E-state index in [1.54, 1.807) is 0 Å². The van der Waals surface area contributed by atoms with Crippen molar-refractivity contribution < 1.29 is 9.59 Å². The Kier molecular flexibility index (Phi) is 7.96. The summed E-state index contributed by atoms with van der Waals surface area (Å²) in [7, 11) is 0. The first-order valence-corrected chi connectivity index (χ1v) is 10.6. The summed E-state index contributed by atoms with van der Waals surface area (Å²) in [6, 6.07) is 25.4. The van der Waals surface area contributed by atoms with Crippen LogP contribution < -0.4 is 10.6 Å². The molecular weight excluding hydrogens is 386 g/mol. The molecule has 0 unspecified atom stereocenters. The second-order valence-electron chi connectivity index (χ2n) is 7.53. The van der Waals surface area contributed by atoms with Crippen molar-refractivity contribution in [3.63, 3.8) is 0 Å². The van der Waals surface area contributed by atoms with Crippen LogP contribution >= 0.6 is 0 Å². The number of para-hydroxylation sites is 2. The second kappa shape index (κ2) is 11.1. The molecule has 31 heavy (non-hydrogen) atoms. The molecule has 0 fully saturated rings. The van der Waals surface area contributed by atoms with Crippen LogP contribution in [0.4, 0.5) is 11.4 Å². The van der Waals surface area contributed by atoms with Crippen LogP contribution in [0, 0.1) is 6.92 Å². The lowest BCUT2D eigenvalue weighted by atomic mass is 10.0. The highest BCUT2D eigenvalue weighted by atomic mass is 16.2. The van der Waals surface area contributed by atoms with Gasteiger partial charge in [-0.1, -0.05) is 73.7 Å². The number of rotatable bonds is 9. The first-order chi connectivity index (χ1) is 15.1. The minimum Gasteiger partial charge on any atom is -0.325 e. The van der Waals surface area contributed by atoms with Crippen LogP contribution in [-0.4, -0.2) is 36.3 Å². The Hall–Kier alpha value is -3.44. The van der Waals surface area contributed by atoms with Gasteiger partial charge in [0.1, 0.15) is 0 Å². The zero-order valence-electron chi connectivity index (χ0n) is 18.1. The Balaban J connectivity index is 1.64. The van der Waals surface area contributed by atoms with Crippen molar-refractivity contribution in [2.75, 3.05) is 30.3 Å². The van der Waals surface area contributed by atoms with Crippen LogP contribution in [0.5, 0.6) is 0 Å². The monoisotopic (exact) mass is 415 g/mol. The molecule has 3 aromatic rings. The van der Waals surface area contributed by atoms with Gasteiger partial charge in [-0.2, -0.15) is 0 Å². The first kappa shape index (κ1) is 22.2. The lowest BCUT2D eigenvalue weighted by molar-refractivity contribution is -0.120. The van der Waals surface area contributed by atoms with E-state index in [0.717, 1.165) is 34.5 Å². The number of nitrogens with zero attached hydrogens (tertiary/aromatic N) is 1. The molecule has 160 valence electrons. The number of carbonyl (C=O) groups is 2. The van der Waals surface area contributed by atoms with Crippen LogP contribution in [-0.2, 0) is 9.59 Å². The molecular formula is C26H29N3O2. The van der Waals surface area contributed by atoms with E-state index in [0.29, 0.717) is 6.54 Å². The van der Waals surface area contributed by atoms with E-state index in [2.05, 4.69) is 10.6 Å². The zero-order valence-corrected chi connectivity index (χ0v) is 18.1. The van der Waals surface area contributed by atoms with Crippen LogP contribution in [0.2, 0.25) is 0 Å². The van der Waals surface area contributed by atoms with E-state index in [9.17, 15) is 9.59 Å². The van der Waals surface area contributed by atoms with Crippen LogP contribution in [0.15, 0.2) is 78.9 Å². The molecule has 3 aromatic carbocycles. The van der Waals surface area contributed by atoms with Crippen LogP contribution in [0.3, 0.4) is 0 Å². The molecule has 0 saturated heterocycles. The Labute approximate surface area is 184 Å². The number of hydrogen-bond donors (Lipinski definition) is 2. The van der Waals surface area contributed by atoms with E-state index in [1.807, 2.05) is 97.6 Å². The average Bonchev–Trinajstić information content (AvgIpc) is 2.76. The van der Waals surface area contributed by atoms with Gasteiger partial charge in [0.2, 0.25) is 11.8 Å². The van der Waals surface area contributed by atoms with Gasteiger partial charge in [0.05, 0.1) is 13.1 Å². The number of amides is 2. The third-order valence-electron chi connectivity index (χ3n) is 4.98. The molecule has 2 N–H and O–H groups in total. The molecule has 2 amide bonds. The summed E-state index contributed by atoms with van der Waals surface area (Å²) in [5.41, 5.74) is 4.58. The topological polar surface area (TPSA) is 61.4 Å². The summed E-state index contributed by atoms with van der Waals surface area (Å²) in [6.07, 6.45) is 0.853. The van der Waals surface area contributed by atoms with Crippen molar-refractivity contribution in [3.05, 3.63) is 84.4 Å². The number of anilines is 2. The molecule has 3 rings (SSSR count). The van der Waals surface area contributed by atoms with E-state index < -0.39 is 0 Å². The quantitative estimate of drug-likeness (QED) is 0.520. The summed E-state index contributed by atoms with van der Waals surface area (Å²) in [4.78, 5) is 27.2. The van der Waals surface area contributed by atoms with Crippen molar-refractivity contribution in [3.8, 4) is 11.1 Å². The minimum absolute atomic E-state index is 0.125. The smallest absolute Gasteiger partial charge is 0.238 e. The maximum Gasteiger partial charge on any atom is 0.238 e. The highest BCUT2D eigenvalue weighted by Crippen LogP contribution is 2.27. The van der Waals surface area contributed by atoms with E-state index >= 15 is 0 Å². The Morgan fingerprint density at radius 3 is 1.94 bits per heavy atom. The SMILES string of the molecule is CCCN(CC(=O)Nc1ccccc1C)CC(=O)Nc1ccccc1-c1ccccc1. The second-order valence-corrected chi connectivity index (χ2v) is 7.53. The standard InChI is InChI=1S/C26H29N3O2/c1-3-17-29(18-25(30)27-23-15-9-7-11-20(23)2)19-26(31)28-24-16-10-8-14-22(24)21-12-5-4-6-13-21/h4-16H,3,17-19H2,1-2H3,(H,27,30)(H,28,31). The summed E-state index contributed by atoms with van der Waals surface area (Å²) < 4.78 is 0. The largest absolute Gasteiger partial charge is 0.325 e. The third-order valence-corrected chi connectivity index (χ3v) is 4.98. The van der Waals surface area contributed by atoms with E-state index in [4.69, 9.17) is 0 Å². The molecule has 0 radical (unpaired) electrons. The molecule has 0 aromatic heterocycles. The maximum atomic E-state index is 12.8. The van der Waals surface area contributed by atoms with Gasteiger partial charge in [0.25, 0.3) is 0 Å². The normalized spacial score (nSPS) is 10.7. The minimum atomic E-state index is -0.138. The zero-order chi connectivity index (χ0) is 22.1. The molecule has 0 heterocycles. The van der Waals surface area contributed by atoms with Crippen LogP contribution in [0.25, 0.3) is 11.1 Å². The van der Waals surface area contributed by atoms with Crippen molar-refractivity contribution in [2.24, 2.45) is 0 Å². The predicted molar refractivity (Wildman–Crippen MR) is 127 cm³/mol.